The Morgan fingerprint density at radius 2 is 1.55 bits per heavy atom. The fourth-order valence-electron chi connectivity index (χ4n) is 3.55. The highest BCUT2D eigenvalue weighted by molar-refractivity contribution is 7.80. The topological polar surface area (TPSA) is 104 Å². The maximum absolute atomic E-state index is 12.9. The summed E-state index contributed by atoms with van der Waals surface area (Å²) in [6.45, 7) is 3.56. The molecule has 0 saturated heterocycles. The Labute approximate surface area is 193 Å². The van der Waals surface area contributed by atoms with Crippen molar-refractivity contribution < 1.29 is 24.6 Å². The first-order valence-electron chi connectivity index (χ1n) is 11.8. The van der Waals surface area contributed by atoms with Gasteiger partial charge in [-0.15, -0.1) is 0 Å². The number of rotatable bonds is 20. The summed E-state index contributed by atoms with van der Waals surface area (Å²) < 4.78 is 0. The molecular formula is C24H43NO5S. The van der Waals surface area contributed by atoms with Crippen molar-refractivity contribution in [1.29, 1.82) is 0 Å². The van der Waals surface area contributed by atoms with Crippen molar-refractivity contribution in [3.63, 3.8) is 0 Å². The van der Waals surface area contributed by atoms with E-state index in [4.69, 9.17) is 5.11 Å². The molecule has 31 heavy (non-hydrogen) atoms. The van der Waals surface area contributed by atoms with Crippen LogP contribution in [0.1, 0.15) is 97.3 Å². The van der Waals surface area contributed by atoms with Crippen LogP contribution < -0.4 is 5.32 Å². The van der Waals surface area contributed by atoms with Crippen LogP contribution in [-0.4, -0.2) is 45.8 Å². The van der Waals surface area contributed by atoms with Crippen LogP contribution in [0.5, 0.6) is 0 Å². The van der Waals surface area contributed by atoms with E-state index in [0.717, 1.165) is 19.3 Å². The van der Waals surface area contributed by atoms with Gasteiger partial charge >= 0.3 is 5.97 Å². The fraction of sp³-hybridized carbons (Fsp3) is 0.792. The number of unbranched alkanes of at least 4 members (excludes halogenated alkanes) is 9. The normalized spacial score (nSPS) is 14.3. The third-order valence-corrected chi connectivity index (χ3v) is 5.72. The zero-order chi connectivity index (χ0) is 23.5. The van der Waals surface area contributed by atoms with Gasteiger partial charge in [0.1, 0.15) is 0 Å². The number of carbonyl (C=O) groups is 3. The van der Waals surface area contributed by atoms with Gasteiger partial charge in [0.2, 0.25) is 5.91 Å². The zero-order valence-electron chi connectivity index (χ0n) is 19.4. The Kier molecular flexibility index (Phi) is 18.5. The summed E-state index contributed by atoms with van der Waals surface area (Å²) in [7, 11) is 0. The van der Waals surface area contributed by atoms with Gasteiger partial charge in [-0.05, 0) is 25.7 Å². The molecule has 0 aliphatic rings. The van der Waals surface area contributed by atoms with Gasteiger partial charge in [-0.1, -0.05) is 70.4 Å². The van der Waals surface area contributed by atoms with Crippen LogP contribution in [-0.2, 0) is 14.4 Å². The number of carbonyl (C=O) groups excluding carboxylic acids is 2. The summed E-state index contributed by atoms with van der Waals surface area (Å²) in [5, 5.41) is 21.9. The van der Waals surface area contributed by atoms with Crippen molar-refractivity contribution in [2.24, 2.45) is 5.92 Å². The molecule has 3 N–H and O–H groups in total. The van der Waals surface area contributed by atoms with Gasteiger partial charge in [-0.2, -0.15) is 12.6 Å². The quantitative estimate of drug-likeness (QED) is 0.121. The molecule has 1 amide bonds. The van der Waals surface area contributed by atoms with E-state index in [1.165, 1.54) is 51.9 Å². The molecule has 6 nitrogen and oxygen atoms in total. The van der Waals surface area contributed by atoms with E-state index >= 15 is 0 Å². The number of carboxylic acid groups (broad SMARTS) is 1. The number of carboxylic acids is 1. The summed E-state index contributed by atoms with van der Waals surface area (Å²) in [6.07, 6.45) is 15.1. The highest BCUT2D eigenvalue weighted by atomic mass is 32.1. The molecule has 0 fully saturated rings. The lowest BCUT2D eigenvalue weighted by atomic mass is 9.89. The van der Waals surface area contributed by atoms with Gasteiger partial charge in [0, 0.05) is 19.1 Å². The lowest BCUT2D eigenvalue weighted by Gasteiger charge is -2.23. The molecule has 0 aliphatic carbocycles. The number of Topliss-reactive ketones (excluding diaryl/α,β-unsaturated/α-hetero) is 1. The number of ketones is 1. The maximum Gasteiger partial charge on any atom is 0.303 e. The average molecular weight is 458 g/mol. The van der Waals surface area contributed by atoms with Crippen LogP contribution in [0.15, 0.2) is 12.2 Å². The SMILES string of the molecule is CCCCCCCCCCC/C=C\[C@H](C(=O)[C@H](CS)NC(C)=O)[C@H](O)CCCC(=O)O. The molecule has 7 heteroatoms. The molecule has 0 heterocycles. The molecule has 0 radical (unpaired) electrons. The number of hydrogen-bond acceptors (Lipinski definition) is 5. The van der Waals surface area contributed by atoms with E-state index in [9.17, 15) is 19.5 Å². The molecule has 0 bridgehead atoms. The number of aliphatic carboxylic acids is 1. The largest absolute Gasteiger partial charge is 0.481 e. The van der Waals surface area contributed by atoms with E-state index < -0.39 is 24.0 Å². The monoisotopic (exact) mass is 457 g/mol. The van der Waals surface area contributed by atoms with Crippen molar-refractivity contribution >= 4 is 30.3 Å². The second-order valence-corrected chi connectivity index (χ2v) is 8.63. The number of hydrogen-bond donors (Lipinski definition) is 4. The van der Waals surface area contributed by atoms with Gasteiger partial charge in [0.25, 0.3) is 0 Å². The van der Waals surface area contributed by atoms with Crippen molar-refractivity contribution in [1.82, 2.24) is 5.32 Å². The molecule has 0 rings (SSSR count). The molecule has 0 saturated carbocycles. The van der Waals surface area contributed by atoms with E-state index in [0.29, 0.717) is 0 Å². The molecule has 180 valence electrons. The lowest BCUT2D eigenvalue weighted by Crippen LogP contribution is -2.46. The van der Waals surface area contributed by atoms with Gasteiger partial charge in [-0.25, -0.2) is 0 Å². The predicted molar refractivity (Wildman–Crippen MR) is 128 cm³/mol. The number of amides is 1. The van der Waals surface area contributed by atoms with E-state index in [-0.39, 0.29) is 36.7 Å². The van der Waals surface area contributed by atoms with Crippen LogP contribution in [0, 0.1) is 5.92 Å². The third kappa shape index (κ3) is 16.0. The van der Waals surface area contributed by atoms with Crippen LogP contribution in [0.4, 0.5) is 0 Å². The first-order valence-corrected chi connectivity index (χ1v) is 12.4. The second-order valence-electron chi connectivity index (χ2n) is 8.26. The van der Waals surface area contributed by atoms with Crippen molar-refractivity contribution in [2.75, 3.05) is 5.75 Å². The number of allylic oxidation sites excluding steroid dienone is 1. The van der Waals surface area contributed by atoms with Gasteiger partial charge < -0.3 is 15.5 Å². The Morgan fingerprint density at radius 3 is 2.06 bits per heavy atom. The minimum atomic E-state index is -0.984. The van der Waals surface area contributed by atoms with Gasteiger partial charge in [0.05, 0.1) is 18.1 Å². The molecule has 0 spiro atoms. The van der Waals surface area contributed by atoms with E-state index in [2.05, 4.69) is 24.9 Å². The first kappa shape index (κ1) is 29.7. The molecule has 0 aromatic heterocycles. The predicted octanol–water partition coefficient (Wildman–Crippen LogP) is 4.70. The van der Waals surface area contributed by atoms with Crippen LogP contribution >= 0.6 is 12.6 Å². The van der Waals surface area contributed by atoms with Crippen molar-refractivity contribution in [3.05, 3.63) is 12.2 Å². The fourth-order valence-corrected chi connectivity index (χ4v) is 3.83. The molecule has 0 aliphatic heterocycles. The molecule has 0 unspecified atom stereocenters. The molecule has 0 aromatic carbocycles. The first-order chi connectivity index (χ1) is 14.8. The minimum Gasteiger partial charge on any atom is -0.481 e. The molecular weight excluding hydrogens is 414 g/mol. The Bertz CT molecular complexity index is 538. The summed E-state index contributed by atoms with van der Waals surface area (Å²) in [4.78, 5) is 35.0. The molecule has 3 atom stereocenters. The number of nitrogens with one attached hydrogen (secondary N) is 1. The van der Waals surface area contributed by atoms with Gasteiger partial charge in [0.15, 0.2) is 5.78 Å². The Morgan fingerprint density at radius 1 is 0.968 bits per heavy atom. The highest BCUT2D eigenvalue weighted by Crippen LogP contribution is 2.18. The summed E-state index contributed by atoms with van der Waals surface area (Å²) in [6, 6.07) is -0.780. The van der Waals surface area contributed by atoms with Crippen molar-refractivity contribution in [3.8, 4) is 0 Å². The Hall–Kier alpha value is -1.34. The summed E-state index contributed by atoms with van der Waals surface area (Å²) >= 11 is 4.15. The highest BCUT2D eigenvalue weighted by Gasteiger charge is 2.30. The van der Waals surface area contributed by atoms with Crippen LogP contribution in [0.25, 0.3) is 0 Å². The number of thiol groups is 1. The lowest BCUT2D eigenvalue weighted by molar-refractivity contribution is -0.137. The van der Waals surface area contributed by atoms with Crippen molar-refractivity contribution in [2.45, 2.75) is 109 Å². The Balaban J connectivity index is 4.59. The number of aliphatic hydroxyl groups excluding tert-OH is 1. The van der Waals surface area contributed by atoms with Gasteiger partial charge in [-0.3, -0.25) is 14.4 Å². The average Bonchev–Trinajstić information content (AvgIpc) is 2.72. The maximum atomic E-state index is 12.9. The summed E-state index contributed by atoms with van der Waals surface area (Å²) in [5.74, 6) is -2.19. The number of aliphatic hydroxyl groups is 1. The van der Waals surface area contributed by atoms with Crippen LogP contribution in [0.3, 0.4) is 0 Å². The standard InChI is InChI=1S/C24H43NO5S/c1-3-4-5-6-7-8-9-10-11-12-13-15-20(22(27)16-14-17-23(28)29)24(30)21(18-31)25-19(2)26/h13,15,20-22,27,31H,3-12,14,16-18H2,1-2H3,(H,25,26)(H,28,29)/b15-13-/t20-,21-,22+/m0/s1. The van der Waals surface area contributed by atoms with Crippen LogP contribution in [0.2, 0.25) is 0 Å². The van der Waals surface area contributed by atoms with E-state index in [1.807, 2.05) is 6.08 Å². The third-order valence-electron chi connectivity index (χ3n) is 5.35. The molecule has 0 aromatic rings. The smallest absolute Gasteiger partial charge is 0.303 e. The summed E-state index contributed by atoms with van der Waals surface area (Å²) in [5.41, 5.74) is 0. The second kappa shape index (κ2) is 19.4. The zero-order valence-corrected chi connectivity index (χ0v) is 20.2. The minimum absolute atomic E-state index is 0.0537. The van der Waals surface area contributed by atoms with E-state index in [1.54, 1.807) is 6.08 Å².